The minimum absolute atomic E-state index is 0.773. The summed E-state index contributed by atoms with van der Waals surface area (Å²) in [6.45, 7) is 13.4. The molecule has 0 aliphatic carbocycles. The first-order valence-electron chi connectivity index (χ1n) is 8.71. The molecule has 0 bridgehead atoms. The maximum Gasteiger partial charge on any atom is 0.0375 e. The third kappa shape index (κ3) is 7.90. The Labute approximate surface area is 137 Å². The normalized spacial score (nSPS) is 27.6. The van der Waals surface area contributed by atoms with E-state index in [0.29, 0.717) is 0 Å². The molecule has 0 radical (unpaired) electrons. The van der Waals surface area contributed by atoms with Gasteiger partial charge in [0.05, 0.1) is 0 Å². The average Bonchev–Trinajstić information content (AvgIpc) is 3.00. The zero-order valence-corrected chi connectivity index (χ0v) is 15.4. The highest BCUT2D eigenvalue weighted by Crippen LogP contribution is 2.12. The minimum Gasteiger partial charge on any atom is -0.314 e. The first-order chi connectivity index (χ1) is 10.4. The van der Waals surface area contributed by atoms with E-state index >= 15 is 0 Å². The molecule has 0 spiro atoms. The lowest BCUT2D eigenvalue weighted by Crippen LogP contribution is -2.20. The van der Waals surface area contributed by atoms with Gasteiger partial charge >= 0.3 is 0 Å². The lowest BCUT2D eigenvalue weighted by atomic mass is 10.1. The number of pyridine rings is 1. The summed E-state index contributed by atoms with van der Waals surface area (Å²) in [4.78, 5) is 6.44. The topological polar surface area (TPSA) is 28.2 Å². The Balaban J connectivity index is 0.000000166. The predicted molar refractivity (Wildman–Crippen MR) is 96.3 cm³/mol. The summed E-state index contributed by atoms with van der Waals surface area (Å²) in [5, 5.41) is 3.37. The first-order valence-corrected chi connectivity index (χ1v) is 8.71. The van der Waals surface area contributed by atoms with Gasteiger partial charge in [-0.2, -0.15) is 0 Å². The Morgan fingerprint density at radius 3 is 2.18 bits per heavy atom. The molecule has 2 aliphatic rings. The van der Waals surface area contributed by atoms with Gasteiger partial charge in [-0.25, -0.2) is 0 Å². The third-order valence-corrected chi connectivity index (χ3v) is 4.51. The lowest BCUT2D eigenvalue weighted by molar-refractivity contribution is 0.331. The van der Waals surface area contributed by atoms with Crippen molar-refractivity contribution in [3.05, 3.63) is 29.6 Å². The van der Waals surface area contributed by atoms with Crippen molar-refractivity contribution < 1.29 is 0 Å². The minimum atomic E-state index is 0.773. The zero-order valence-electron chi connectivity index (χ0n) is 15.4. The maximum absolute atomic E-state index is 4.04. The second kappa shape index (κ2) is 9.96. The SMILES string of the molecule is CC1CCCN1C.CC1CNC(C)C1.Cc1ccnc(C)c1. The van der Waals surface area contributed by atoms with Crippen LogP contribution in [-0.4, -0.2) is 42.1 Å². The van der Waals surface area contributed by atoms with Crippen molar-refractivity contribution in [2.24, 2.45) is 5.92 Å². The average molecular weight is 306 g/mol. The first kappa shape index (κ1) is 19.1. The van der Waals surface area contributed by atoms with Crippen LogP contribution in [0.25, 0.3) is 0 Å². The quantitative estimate of drug-likeness (QED) is 0.790. The molecule has 0 saturated carbocycles. The highest BCUT2D eigenvalue weighted by Gasteiger charge is 2.15. The van der Waals surface area contributed by atoms with Crippen LogP contribution in [-0.2, 0) is 0 Å². The molecule has 3 heterocycles. The van der Waals surface area contributed by atoms with E-state index in [1.54, 1.807) is 0 Å². The van der Waals surface area contributed by atoms with Gasteiger partial charge in [0.2, 0.25) is 0 Å². The molecule has 22 heavy (non-hydrogen) atoms. The van der Waals surface area contributed by atoms with E-state index in [9.17, 15) is 0 Å². The molecule has 3 unspecified atom stereocenters. The van der Waals surface area contributed by atoms with Crippen LogP contribution in [0.3, 0.4) is 0 Å². The van der Waals surface area contributed by atoms with E-state index in [0.717, 1.165) is 23.7 Å². The van der Waals surface area contributed by atoms with Crippen LogP contribution in [0.5, 0.6) is 0 Å². The van der Waals surface area contributed by atoms with Crippen molar-refractivity contribution >= 4 is 0 Å². The second-order valence-electron chi connectivity index (χ2n) is 7.10. The summed E-state index contributed by atoms with van der Waals surface area (Å²) in [6.07, 6.45) is 5.98. The highest BCUT2D eigenvalue weighted by molar-refractivity contribution is 5.12. The summed E-state index contributed by atoms with van der Waals surface area (Å²) in [7, 11) is 2.19. The van der Waals surface area contributed by atoms with Crippen molar-refractivity contribution in [1.29, 1.82) is 0 Å². The van der Waals surface area contributed by atoms with Crippen LogP contribution in [0.1, 0.15) is 51.3 Å². The molecular weight excluding hydrogens is 270 g/mol. The van der Waals surface area contributed by atoms with Crippen LogP contribution < -0.4 is 5.32 Å². The Hall–Kier alpha value is -0.930. The molecule has 1 aromatic rings. The predicted octanol–water partition coefficient (Wildman–Crippen LogP) is 3.80. The smallest absolute Gasteiger partial charge is 0.0375 e. The molecule has 0 aromatic carbocycles. The number of aromatic nitrogens is 1. The van der Waals surface area contributed by atoms with E-state index < -0.39 is 0 Å². The Bertz CT molecular complexity index is 386. The fraction of sp³-hybridized carbons (Fsp3) is 0.737. The van der Waals surface area contributed by atoms with Gasteiger partial charge in [0.15, 0.2) is 0 Å². The summed E-state index contributed by atoms with van der Waals surface area (Å²) in [5.74, 6) is 0.912. The fourth-order valence-corrected chi connectivity index (χ4v) is 2.94. The zero-order chi connectivity index (χ0) is 16.5. The van der Waals surface area contributed by atoms with Gasteiger partial charge < -0.3 is 10.2 Å². The summed E-state index contributed by atoms with van der Waals surface area (Å²) < 4.78 is 0. The summed E-state index contributed by atoms with van der Waals surface area (Å²) in [6, 6.07) is 5.67. The molecule has 3 atom stereocenters. The molecule has 1 aromatic heterocycles. The van der Waals surface area contributed by atoms with E-state index in [1.165, 1.54) is 37.9 Å². The van der Waals surface area contributed by atoms with Crippen LogP contribution in [0.2, 0.25) is 0 Å². The van der Waals surface area contributed by atoms with E-state index in [4.69, 9.17) is 0 Å². The second-order valence-corrected chi connectivity index (χ2v) is 7.10. The van der Waals surface area contributed by atoms with Gasteiger partial charge in [0, 0.05) is 24.0 Å². The highest BCUT2D eigenvalue weighted by atomic mass is 15.1. The van der Waals surface area contributed by atoms with E-state index in [-0.39, 0.29) is 0 Å². The molecule has 0 amide bonds. The lowest BCUT2D eigenvalue weighted by Gasteiger charge is -2.12. The monoisotopic (exact) mass is 305 g/mol. The number of aryl methyl sites for hydroxylation is 2. The molecule has 1 N–H and O–H groups in total. The Kier molecular flexibility index (Phi) is 8.66. The molecule has 3 nitrogen and oxygen atoms in total. The van der Waals surface area contributed by atoms with Crippen LogP contribution in [0.15, 0.2) is 18.3 Å². The largest absolute Gasteiger partial charge is 0.314 e. The van der Waals surface area contributed by atoms with E-state index in [2.05, 4.69) is 56.0 Å². The van der Waals surface area contributed by atoms with Crippen molar-refractivity contribution in [3.8, 4) is 0 Å². The molecule has 2 aliphatic heterocycles. The fourth-order valence-electron chi connectivity index (χ4n) is 2.94. The van der Waals surface area contributed by atoms with Crippen LogP contribution in [0.4, 0.5) is 0 Å². The van der Waals surface area contributed by atoms with Gasteiger partial charge in [-0.1, -0.05) is 6.92 Å². The number of nitrogens with one attached hydrogen (secondary N) is 1. The van der Waals surface area contributed by atoms with Crippen LogP contribution >= 0.6 is 0 Å². The number of likely N-dealkylation sites (tertiary alicyclic amines) is 1. The molecular formula is C19H35N3. The molecule has 3 rings (SSSR count). The number of rotatable bonds is 0. The van der Waals surface area contributed by atoms with Crippen molar-refractivity contribution in [3.63, 3.8) is 0 Å². The summed E-state index contributed by atoms with van der Waals surface area (Å²) >= 11 is 0. The summed E-state index contributed by atoms with van der Waals surface area (Å²) in [5.41, 5.74) is 2.36. The van der Waals surface area contributed by atoms with Gasteiger partial charge in [-0.05, 0) is 90.7 Å². The van der Waals surface area contributed by atoms with Crippen LogP contribution in [0, 0.1) is 19.8 Å². The molecule has 3 heteroatoms. The standard InChI is InChI=1S/C7H9N.2C6H13N/c1-6-3-4-8-7(2)5-6;1-5-3-6(2)7-4-5;1-6-4-3-5-7(6)2/h3-5H,1-2H3;5-7H,3-4H2,1-2H3;6H,3-5H2,1-2H3. The number of hydrogen-bond acceptors (Lipinski definition) is 3. The van der Waals surface area contributed by atoms with Gasteiger partial charge in [0.1, 0.15) is 0 Å². The van der Waals surface area contributed by atoms with E-state index in [1.807, 2.05) is 19.2 Å². The molecule has 126 valence electrons. The number of hydrogen-bond donors (Lipinski definition) is 1. The van der Waals surface area contributed by atoms with Crippen molar-refractivity contribution in [2.45, 2.75) is 66.0 Å². The third-order valence-electron chi connectivity index (χ3n) is 4.51. The number of nitrogens with zero attached hydrogens (tertiary/aromatic N) is 2. The van der Waals surface area contributed by atoms with Gasteiger partial charge in [-0.15, -0.1) is 0 Å². The van der Waals surface area contributed by atoms with Crippen molar-refractivity contribution in [1.82, 2.24) is 15.2 Å². The maximum atomic E-state index is 4.04. The molecule has 2 fully saturated rings. The van der Waals surface area contributed by atoms with Gasteiger partial charge in [0.25, 0.3) is 0 Å². The van der Waals surface area contributed by atoms with Gasteiger partial charge in [-0.3, -0.25) is 4.98 Å². The van der Waals surface area contributed by atoms with Crippen molar-refractivity contribution in [2.75, 3.05) is 20.1 Å². The molecule has 2 saturated heterocycles. The Morgan fingerprint density at radius 2 is 1.95 bits per heavy atom. The Morgan fingerprint density at radius 1 is 1.23 bits per heavy atom.